The Hall–Kier alpha value is -1.07. The predicted molar refractivity (Wildman–Crippen MR) is 81.6 cm³/mol. The number of fused-ring (bicyclic) bond motifs is 1. The van der Waals surface area contributed by atoms with Crippen molar-refractivity contribution in [2.75, 3.05) is 18.4 Å². The van der Waals surface area contributed by atoms with Gasteiger partial charge < -0.3 is 4.74 Å². The fourth-order valence-corrected chi connectivity index (χ4v) is 3.68. The van der Waals surface area contributed by atoms with E-state index in [-0.39, 0.29) is 0 Å². The molecule has 0 unspecified atom stereocenters. The molecule has 1 aromatic rings. The second-order valence-corrected chi connectivity index (χ2v) is 7.49. The van der Waals surface area contributed by atoms with Gasteiger partial charge in [0, 0.05) is 13.7 Å². The number of ether oxygens (including phenoxy) is 1. The minimum absolute atomic E-state index is 0.453. The summed E-state index contributed by atoms with van der Waals surface area (Å²) in [6.45, 7) is 2.17. The van der Waals surface area contributed by atoms with E-state index in [1.807, 2.05) is 12.1 Å². The molecule has 0 heterocycles. The zero-order valence-electron chi connectivity index (χ0n) is 12.2. The Morgan fingerprint density at radius 2 is 2.05 bits per heavy atom. The van der Waals surface area contributed by atoms with Gasteiger partial charge in [0.25, 0.3) is 0 Å². The van der Waals surface area contributed by atoms with E-state index in [2.05, 4.69) is 10.8 Å². The molecule has 1 aliphatic carbocycles. The Labute approximate surface area is 121 Å². The van der Waals surface area contributed by atoms with Gasteiger partial charge in [-0.2, -0.15) is 0 Å². The second kappa shape index (κ2) is 6.59. The highest BCUT2D eigenvalue weighted by atomic mass is 32.2. The summed E-state index contributed by atoms with van der Waals surface area (Å²) in [5, 5.41) is -0.457. The molecule has 0 radical (unpaired) electrons. The molecule has 1 aliphatic rings. The third-order valence-corrected chi connectivity index (χ3v) is 5.71. The highest BCUT2D eigenvalue weighted by Crippen LogP contribution is 2.29. The molecule has 4 nitrogen and oxygen atoms in total. The van der Waals surface area contributed by atoms with E-state index >= 15 is 0 Å². The summed E-state index contributed by atoms with van der Waals surface area (Å²) in [5.74, 6) is 0. The molecule has 112 valence electrons. The Morgan fingerprint density at radius 1 is 1.30 bits per heavy atom. The minimum Gasteiger partial charge on any atom is -0.385 e. The van der Waals surface area contributed by atoms with Gasteiger partial charge in [-0.05, 0) is 56.2 Å². The lowest BCUT2D eigenvalue weighted by Gasteiger charge is -2.21. The molecular weight excluding hydrogens is 274 g/mol. The number of benzene rings is 1. The number of sulfonamides is 1. The van der Waals surface area contributed by atoms with E-state index in [1.54, 1.807) is 14.0 Å². The molecule has 2 rings (SSSR count). The normalized spacial score (nSPS) is 16.5. The molecule has 0 saturated heterocycles. The van der Waals surface area contributed by atoms with Crippen molar-refractivity contribution in [3.63, 3.8) is 0 Å². The van der Waals surface area contributed by atoms with Crippen LogP contribution in [0.25, 0.3) is 0 Å². The van der Waals surface area contributed by atoms with Crippen LogP contribution in [0.5, 0.6) is 0 Å². The van der Waals surface area contributed by atoms with Crippen molar-refractivity contribution < 1.29 is 13.2 Å². The first-order valence-corrected chi connectivity index (χ1v) is 8.70. The quantitative estimate of drug-likeness (QED) is 0.878. The summed E-state index contributed by atoms with van der Waals surface area (Å²) >= 11 is 0. The maximum atomic E-state index is 12.3. The predicted octanol–water partition coefficient (Wildman–Crippen LogP) is 2.73. The lowest BCUT2D eigenvalue weighted by atomic mass is 9.91. The monoisotopic (exact) mass is 297 g/mol. The van der Waals surface area contributed by atoms with Crippen molar-refractivity contribution >= 4 is 15.7 Å². The van der Waals surface area contributed by atoms with Crippen LogP contribution >= 0.6 is 0 Å². The Kier molecular flexibility index (Phi) is 5.05. The van der Waals surface area contributed by atoms with Crippen LogP contribution in [-0.4, -0.2) is 27.4 Å². The molecule has 0 spiro atoms. The van der Waals surface area contributed by atoms with E-state index < -0.39 is 15.3 Å². The molecule has 5 heteroatoms. The average Bonchev–Trinajstić information content (AvgIpc) is 2.44. The fourth-order valence-electron chi connectivity index (χ4n) is 2.57. The van der Waals surface area contributed by atoms with Crippen LogP contribution in [0.4, 0.5) is 5.69 Å². The van der Waals surface area contributed by atoms with Crippen molar-refractivity contribution in [1.29, 1.82) is 0 Å². The van der Waals surface area contributed by atoms with E-state index in [1.165, 1.54) is 17.5 Å². The highest BCUT2D eigenvalue weighted by Gasteiger charge is 2.22. The first kappa shape index (κ1) is 15.3. The van der Waals surface area contributed by atoms with Gasteiger partial charge in [0.2, 0.25) is 10.0 Å². The molecule has 0 amide bonds. The van der Waals surface area contributed by atoms with Gasteiger partial charge in [0.05, 0.1) is 10.9 Å². The average molecular weight is 297 g/mol. The Balaban J connectivity index is 2.17. The van der Waals surface area contributed by atoms with Crippen molar-refractivity contribution in [2.24, 2.45) is 0 Å². The van der Waals surface area contributed by atoms with Crippen LogP contribution < -0.4 is 4.72 Å². The van der Waals surface area contributed by atoms with Crippen molar-refractivity contribution in [2.45, 2.75) is 44.3 Å². The number of hydrogen-bond acceptors (Lipinski definition) is 3. The molecule has 0 aromatic heterocycles. The van der Waals surface area contributed by atoms with Gasteiger partial charge in [0.1, 0.15) is 0 Å². The van der Waals surface area contributed by atoms with Crippen LogP contribution in [0.2, 0.25) is 0 Å². The smallest absolute Gasteiger partial charge is 0.235 e. The van der Waals surface area contributed by atoms with E-state index in [9.17, 15) is 8.42 Å². The lowest BCUT2D eigenvalue weighted by molar-refractivity contribution is 0.194. The van der Waals surface area contributed by atoms with E-state index in [4.69, 9.17) is 4.74 Å². The maximum absolute atomic E-state index is 12.3. The number of methoxy groups -OCH3 is 1. The molecule has 1 atom stereocenters. The summed E-state index contributed by atoms with van der Waals surface area (Å²) < 4.78 is 32.4. The third kappa shape index (κ3) is 3.52. The van der Waals surface area contributed by atoms with Gasteiger partial charge in [-0.15, -0.1) is 0 Å². The summed E-state index contributed by atoms with van der Waals surface area (Å²) in [7, 11) is -1.77. The summed E-state index contributed by atoms with van der Waals surface area (Å²) in [4.78, 5) is 0. The van der Waals surface area contributed by atoms with Crippen molar-refractivity contribution in [1.82, 2.24) is 0 Å². The molecular formula is C15H23NO3S. The highest BCUT2D eigenvalue weighted by molar-refractivity contribution is 7.93. The topological polar surface area (TPSA) is 55.4 Å². The second-order valence-electron chi connectivity index (χ2n) is 5.39. The summed E-state index contributed by atoms with van der Waals surface area (Å²) in [5.41, 5.74) is 3.20. The Morgan fingerprint density at radius 3 is 2.80 bits per heavy atom. The molecule has 0 fully saturated rings. The molecule has 0 aliphatic heterocycles. The lowest BCUT2D eigenvalue weighted by Crippen LogP contribution is -2.27. The van der Waals surface area contributed by atoms with Crippen LogP contribution in [0.1, 0.15) is 37.3 Å². The molecule has 0 saturated carbocycles. The molecule has 0 bridgehead atoms. The standard InChI is InChI=1S/C15H23NO3S/c1-12(10-11-19-2)20(17,18)16-15-9-5-7-13-6-3-4-8-14(13)15/h5,7,9,12,16H,3-4,6,8,10-11H2,1-2H3/t12-/m0/s1. The zero-order chi connectivity index (χ0) is 14.6. The Bertz CT molecular complexity index is 554. The zero-order valence-corrected chi connectivity index (χ0v) is 13.0. The minimum atomic E-state index is -3.35. The van der Waals surface area contributed by atoms with Crippen molar-refractivity contribution in [3.05, 3.63) is 29.3 Å². The molecule has 1 N–H and O–H groups in total. The molecule has 20 heavy (non-hydrogen) atoms. The number of aryl methyl sites for hydroxylation is 1. The van der Waals surface area contributed by atoms with E-state index in [0.717, 1.165) is 24.9 Å². The van der Waals surface area contributed by atoms with Gasteiger partial charge in [0.15, 0.2) is 0 Å². The first-order chi connectivity index (χ1) is 9.54. The third-order valence-electron chi connectivity index (χ3n) is 3.91. The van der Waals surface area contributed by atoms with Gasteiger partial charge in [-0.3, -0.25) is 4.72 Å². The summed E-state index contributed by atoms with van der Waals surface area (Å²) in [6.07, 6.45) is 4.82. The van der Waals surface area contributed by atoms with Crippen LogP contribution in [-0.2, 0) is 27.6 Å². The van der Waals surface area contributed by atoms with Gasteiger partial charge >= 0.3 is 0 Å². The SMILES string of the molecule is COCC[C@H](C)S(=O)(=O)Nc1cccc2c1CCCC2. The van der Waals surface area contributed by atoms with Crippen LogP contribution in [0.15, 0.2) is 18.2 Å². The largest absolute Gasteiger partial charge is 0.385 e. The van der Waals surface area contributed by atoms with Gasteiger partial charge in [-0.25, -0.2) is 8.42 Å². The maximum Gasteiger partial charge on any atom is 0.235 e. The van der Waals surface area contributed by atoms with Crippen molar-refractivity contribution in [3.8, 4) is 0 Å². The van der Waals surface area contributed by atoms with Crippen LogP contribution in [0.3, 0.4) is 0 Å². The fraction of sp³-hybridized carbons (Fsp3) is 0.600. The number of hydrogen-bond donors (Lipinski definition) is 1. The van der Waals surface area contributed by atoms with E-state index in [0.29, 0.717) is 13.0 Å². The molecule has 1 aromatic carbocycles. The number of nitrogens with one attached hydrogen (secondary N) is 1. The first-order valence-electron chi connectivity index (χ1n) is 7.16. The number of anilines is 1. The number of rotatable bonds is 6. The van der Waals surface area contributed by atoms with Gasteiger partial charge in [-0.1, -0.05) is 12.1 Å². The van der Waals surface area contributed by atoms with Crippen LogP contribution in [0, 0.1) is 0 Å². The summed E-state index contributed by atoms with van der Waals surface area (Å²) in [6, 6.07) is 5.90.